The maximum atomic E-state index is 13.0. The number of alkyl halides is 3. The van der Waals surface area contributed by atoms with Gasteiger partial charge in [-0.15, -0.1) is 0 Å². The number of carbonyl (C=O) groups excluding carboxylic acids is 2. The molecule has 2 aromatic rings. The zero-order valence-electron chi connectivity index (χ0n) is 13.1. The van der Waals surface area contributed by atoms with Crippen LogP contribution >= 0.6 is 11.6 Å². The molecule has 4 nitrogen and oxygen atoms in total. The van der Waals surface area contributed by atoms with Crippen molar-refractivity contribution >= 4 is 34.8 Å². The summed E-state index contributed by atoms with van der Waals surface area (Å²) >= 11 is 5.78. The lowest BCUT2D eigenvalue weighted by Gasteiger charge is -2.21. The van der Waals surface area contributed by atoms with Crippen molar-refractivity contribution < 1.29 is 22.8 Å². The van der Waals surface area contributed by atoms with Crippen LogP contribution < -0.4 is 10.2 Å². The molecule has 0 atom stereocenters. The van der Waals surface area contributed by atoms with E-state index in [0.717, 1.165) is 17.0 Å². The van der Waals surface area contributed by atoms with Gasteiger partial charge in [0.2, 0.25) is 11.8 Å². The Morgan fingerprint density at radius 1 is 1.08 bits per heavy atom. The standard InChI is InChI=1S/C17H14ClF3N2O2/c1-11(24)23(13-8-6-12(18)7-9-13)10-16(25)22-15-5-3-2-4-14(15)17(19,20)21/h2-9H,10H2,1H3,(H,22,25). The second-order valence-corrected chi connectivity index (χ2v) is 5.61. The van der Waals surface area contributed by atoms with E-state index in [0.29, 0.717) is 10.7 Å². The predicted octanol–water partition coefficient (Wildman–Crippen LogP) is 4.35. The number of anilines is 2. The van der Waals surface area contributed by atoms with Gasteiger partial charge in [-0.3, -0.25) is 9.59 Å². The molecule has 0 fully saturated rings. The zero-order chi connectivity index (χ0) is 18.6. The van der Waals surface area contributed by atoms with Crippen molar-refractivity contribution in [2.24, 2.45) is 0 Å². The number of amides is 2. The third-order valence-corrected chi connectivity index (χ3v) is 3.58. The van der Waals surface area contributed by atoms with E-state index in [1.165, 1.54) is 19.1 Å². The molecule has 0 spiro atoms. The molecule has 2 rings (SSSR count). The average molecular weight is 371 g/mol. The van der Waals surface area contributed by atoms with E-state index < -0.39 is 30.1 Å². The number of hydrogen-bond donors (Lipinski definition) is 1. The van der Waals surface area contributed by atoms with Gasteiger partial charge in [0.25, 0.3) is 0 Å². The number of nitrogens with one attached hydrogen (secondary N) is 1. The average Bonchev–Trinajstić information content (AvgIpc) is 2.53. The van der Waals surface area contributed by atoms with Crippen molar-refractivity contribution in [3.05, 3.63) is 59.1 Å². The molecule has 0 radical (unpaired) electrons. The molecule has 0 aromatic heterocycles. The number of carbonyl (C=O) groups is 2. The van der Waals surface area contributed by atoms with Gasteiger partial charge in [-0.05, 0) is 36.4 Å². The van der Waals surface area contributed by atoms with Crippen molar-refractivity contribution in [1.29, 1.82) is 0 Å². The summed E-state index contributed by atoms with van der Waals surface area (Å²) in [5.74, 6) is -1.18. The Bertz CT molecular complexity index is 776. The van der Waals surface area contributed by atoms with Gasteiger partial charge in [0.1, 0.15) is 6.54 Å². The van der Waals surface area contributed by atoms with Crippen LogP contribution in [0.5, 0.6) is 0 Å². The molecule has 0 bridgehead atoms. The molecule has 0 saturated heterocycles. The number of benzene rings is 2. The maximum Gasteiger partial charge on any atom is 0.418 e. The van der Waals surface area contributed by atoms with Crippen molar-refractivity contribution in [3.63, 3.8) is 0 Å². The summed E-state index contributed by atoms with van der Waals surface area (Å²) < 4.78 is 38.9. The summed E-state index contributed by atoms with van der Waals surface area (Å²) in [7, 11) is 0. The van der Waals surface area contributed by atoms with E-state index in [4.69, 9.17) is 11.6 Å². The summed E-state index contributed by atoms with van der Waals surface area (Å²) in [6.07, 6.45) is -4.60. The van der Waals surface area contributed by atoms with Crippen molar-refractivity contribution in [2.45, 2.75) is 13.1 Å². The fourth-order valence-electron chi connectivity index (χ4n) is 2.18. The fraction of sp³-hybridized carbons (Fsp3) is 0.176. The lowest BCUT2D eigenvalue weighted by atomic mass is 10.1. The van der Waals surface area contributed by atoms with Gasteiger partial charge in [-0.2, -0.15) is 13.2 Å². The van der Waals surface area contributed by atoms with E-state index in [-0.39, 0.29) is 5.69 Å². The molecule has 25 heavy (non-hydrogen) atoms. The minimum atomic E-state index is -4.60. The van der Waals surface area contributed by atoms with E-state index in [1.54, 1.807) is 24.3 Å². The minimum absolute atomic E-state index is 0.361. The molecule has 0 aliphatic carbocycles. The van der Waals surface area contributed by atoms with Crippen LogP contribution in [-0.4, -0.2) is 18.4 Å². The highest BCUT2D eigenvalue weighted by Gasteiger charge is 2.33. The van der Waals surface area contributed by atoms with Crippen LogP contribution in [0.15, 0.2) is 48.5 Å². The summed E-state index contributed by atoms with van der Waals surface area (Å²) in [4.78, 5) is 25.1. The molecular formula is C17H14ClF3N2O2. The van der Waals surface area contributed by atoms with Crippen LogP contribution in [-0.2, 0) is 15.8 Å². The molecule has 0 aliphatic heterocycles. The minimum Gasteiger partial charge on any atom is -0.324 e. The molecule has 0 unspecified atom stereocenters. The monoisotopic (exact) mass is 370 g/mol. The quantitative estimate of drug-likeness (QED) is 0.869. The first-order valence-corrected chi connectivity index (χ1v) is 7.56. The molecule has 2 aromatic carbocycles. The number of nitrogens with zero attached hydrogens (tertiary/aromatic N) is 1. The Balaban J connectivity index is 2.18. The molecule has 0 aliphatic rings. The van der Waals surface area contributed by atoms with E-state index in [9.17, 15) is 22.8 Å². The summed E-state index contributed by atoms with van der Waals surface area (Å²) in [5.41, 5.74) is -0.903. The van der Waals surface area contributed by atoms with Crippen molar-refractivity contribution in [2.75, 3.05) is 16.8 Å². The van der Waals surface area contributed by atoms with Crippen LogP contribution in [0.3, 0.4) is 0 Å². The van der Waals surface area contributed by atoms with Crippen LogP contribution in [0, 0.1) is 0 Å². The lowest BCUT2D eigenvalue weighted by molar-refractivity contribution is -0.137. The largest absolute Gasteiger partial charge is 0.418 e. The van der Waals surface area contributed by atoms with E-state index in [1.807, 2.05) is 0 Å². The van der Waals surface area contributed by atoms with E-state index in [2.05, 4.69) is 5.32 Å². The van der Waals surface area contributed by atoms with Crippen molar-refractivity contribution in [1.82, 2.24) is 0 Å². The maximum absolute atomic E-state index is 13.0. The second-order valence-electron chi connectivity index (χ2n) is 5.17. The Kier molecular flexibility index (Phi) is 5.69. The van der Waals surface area contributed by atoms with Gasteiger partial charge >= 0.3 is 6.18 Å². The Morgan fingerprint density at radius 2 is 1.68 bits per heavy atom. The molecule has 1 N–H and O–H groups in total. The van der Waals surface area contributed by atoms with Crippen LogP contribution in [0.25, 0.3) is 0 Å². The van der Waals surface area contributed by atoms with Crippen molar-refractivity contribution in [3.8, 4) is 0 Å². The Hall–Kier alpha value is -2.54. The first-order valence-electron chi connectivity index (χ1n) is 7.18. The molecule has 8 heteroatoms. The predicted molar refractivity (Wildman–Crippen MR) is 89.6 cm³/mol. The number of para-hydroxylation sites is 1. The molecule has 2 amide bonds. The summed E-state index contributed by atoms with van der Waals surface area (Å²) in [6, 6.07) is 10.8. The normalized spacial score (nSPS) is 11.1. The van der Waals surface area contributed by atoms with Gasteiger partial charge < -0.3 is 10.2 Å². The van der Waals surface area contributed by atoms with Crippen LogP contribution in [0.2, 0.25) is 5.02 Å². The van der Waals surface area contributed by atoms with Gasteiger partial charge in [-0.1, -0.05) is 23.7 Å². The number of hydrogen-bond acceptors (Lipinski definition) is 2. The Labute approximate surface area is 147 Å². The number of rotatable bonds is 4. The second kappa shape index (κ2) is 7.57. The Morgan fingerprint density at radius 3 is 2.24 bits per heavy atom. The highest BCUT2D eigenvalue weighted by molar-refractivity contribution is 6.30. The summed E-state index contributed by atoms with van der Waals surface area (Å²) in [5, 5.41) is 2.66. The van der Waals surface area contributed by atoms with Crippen LogP contribution in [0.4, 0.5) is 24.5 Å². The molecule has 132 valence electrons. The highest BCUT2D eigenvalue weighted by atomic mass is 35.5. The molecule has 0 heterocycles. The van der Waals surface area contributed by atoms with Gasteiger partial charge in [0.05, 0.1) is 11.3 Å². The van der Waals surface area contributed by atoms with Gasteiger partial charge in [0.15, 0.2) is 0 Å². The lowest BCUT2D eigenvalue weighted by Crippen LogP contribution is -2.36. The first-order chi connectivity index (χ1) is 11.7. The number of halogens is 4. The van der Waals surface area contributed by atoms with E-state index >= 15 is 0 Å². The fourth-order valence-corrected chi connectivity index (χ4v) is 2.30. The third kappa shape index (κ3) is 4.96. The highest BCUT2D eigenvalue weighted by Crippen LogP contribution is 2.34. The summed E-state index contributed by atoms with van der Waals surface area (Å²) in [6.45, 7) is 0.828. The first kappa shape index (κ1) is 18.8. The zero-order valence-corrected chi connectivity index (χ0v) is 13.9. The third-order valence-electron chi connectivity index (χ3n) is 3.33. The smallest absolute Gasteiger partial charge is 0.324 e. The molecule has 0 saturated carbocycles. The van der Waals surface area contributed by atoms with Gasteiger partial charge in [0, 0.05) is 17.6 Å². The molecular weight excluding hydrogens is 357 g/mol. The SMILES string of the molecule is CC(=O)N(CC(=O)Nc1ccccc1C(F)(F)F)c1ccc(Cl)cc1. The topological polar surface area (TPSA) is 49.4 Å². The van der Waals surface area contributed by atoms with Gasteiger partial charge in [-0.25, -0.2) is 0 Å². The van der Waals surface area contributed by atoms with Crippen LogP contribution in [0.1, 0.15) is 12.5 Å².